The minimum atomic E-state index is 0.541. The Morgan fingerprint density at radius 1 is 1.04 bits per heavy atom. The summed E-state index contributed by atoms with van der Waals surface area (Å²) < 4.78 is 1.92. The Bertz CT molecular complexity index is 815. The molecule has 0 unspecified atom stereocenters. The van der Waals surface area contributed by atoms with Crippen molar-refractivity contribution < 1.29 is 0 Å². The molecular formula is C19H23N5. The highest BCUT2D eigenvalue weighted by molar-refractivity contribution is 5.64. The van der Waals surface area contributed by atoms with Crippen LogP contribution in [0.2, 0.25) is 0 Å². The van der Waals surface area contributed by atoms with E-state index >= 15 is 0 Å². The van der Waals surface area contributed by atoms with E-state index in [0.717, 1.165) is 28.3 Å². The molecule has 0 amide bonds. The molecule has 1 aliphatic rings. The number of hydrogen-bond acceptors (Lipinski definition) is 4. The monoisotopic (exact) mass is 321 g/mol. The number of imidazole rings is 1. The molecule has 0 aliphatic heterocycles. The van der Waals surface area contributed by atoms with Crippen molar-refractivity contribution in [3.63, 3.8) is 0 Å². The van der Waals surface area contributed by atoms with Crippen LogP contribution in [0.3, 0.4) is 0 Å². The molecule has 3 aromatic rings. The second kappa shape index (κ2) is 6.61. The first-order valence-electron chi connectivity index (χ1n) is 8.74. The van der Waals surface area contributed by atoms with E-state index in [9.17, 15) is 0 Å². The van der Waals surface area contributed by atoms with Crippen LogP contribution in [-0.4, -0.2) is 20.6 Å². The largest absolute Gasteiger partial charge is 0.366 e. The standard InChI is InChI=1S/C19H23N5/c20-12-14-6-8-15(9-7-14)17-13-21-19-11-10-18(23-24(17)19)22-16-4-2-1-3-5-16/h6-11,13,16H,1-5,12,20H2,(H,22,23). The lowest BCUT2D eigenvalue weighted by Crippen LogP contribution is -2.23. The summed E-state index contributed by atoms with van der Waals surface area (Å²) in [6, 6.07) is 12.9. The van der Waals surface area contributed by atoms with Crippen molar-refractivity contribution >= 4 is 11.5 Å². The van der Waals surface area contributed by atoms with Crippen LogP contribution in [0.15, 0.2) is 42.6 Å². The van der Waals surface area contributed by atoms with Crippen LogP contribution in [0, 0.1) is 0 Å². The lowest BCUT2D eigenvalue weighted by Gasteiger charge is -2.23. The van der Waals surface area contributed by atoms with Gasteiger partial charge in [0.1, 0.15) is 5.82 Å². The summed E-state index contributed by atoms with van der Waals surface area (Å²) in [5, 5.41) is 8.35. The van der Waals surface area contributed by atoms with Gasteiger partial charge in [-0.05, 0) is 30.5 Å². The SMILES string of the molecule is NCc1ccc(-c2cnc3ccc(NC4CCCCC4)nn23)cc1. The number of nitrogens with two attached hydrogens (primary N) is 1. The van der Waals surface area contributed by atoms with Crippen LogP contribution < -0.4 is 11.1 Å². The third-order valence-electron chi connectivity index (χ3n) is 4.80. The molecule has 24 heavy (non-hydrogen) atoms. The Morgan fingerprint density at radius 3 is 2.58 bits per heavy atom. The quantitative estimate of drug-likeness (QED) is 0.770. The van der Waals surface area contributed by atoms with Crippen molar-refractivity contribution in [1.29, 1.82) is 0 Å². The number of anilines is 1. The van der Waals surface area contributed by atoms with E-state index in [4.69, 9.17) is 10.8 Å². The third-order valence-corrected chi connectivity index (χ3v) is 4.80. The third kappa shape index (κ3) is 2.99. The number of nitrogens with one attached hydrogen (secondary N) is 1. The first-order chi connectivity index (χ1) is 11.8. The average Bonchev–Trinajstić information content (AvgIpc) is 3.06. The number of hydrogen-bond donors (Lipinski definition) is 2. The lowest BCUT2D eigenvalue weighted by atomic mass is 9.95. The molecule has 1 aromatic carbocycles. The Labute approximate surface area is 141 Å². The van der Waals surface area contributed by atoms with Crippen LogP contribution in [0.1, 0.15) is 37.7 Å². The van der Waals surface area contributed by atoms with Gasteiger partial charge >= 0.3 is 0 Å². The van der Waals surface area contributed by atoms with E-state index in [2.05, 4.69) is 34.6 Å². The molecule has 5 heteroatoms. The van der Waals surface area contributed by atoms with Gasteiger partial charge in [-0.1, -0.05) is 43.5 Å². The first-order valence-corrected chi connectivity index (χ1v) is 8.74. The maximum atomic E-state index is 5.68. The summed E-state index contributed by atoms with van der Waals surface area (Å²) in [6.07, 6.45) is 8.32. The zero-order chi connectivity index (χ0) is 16.4. The van der Waals surface area contributed by atoms with Crippen molar-refractivity contribution in [2.24, 2.45) is 5.73 Å². The van der Waals surface area contributed by atoms with E-state index in [1.54, 1.807) is 0 Å². The Balaban J connectivity index is 1.64. The van der Waals surface area contributed by atoms with Gasteiger partial charge in [0.2, 0.25) is 0 Å². The van der Waals surface area contributed by atoms with Gasteiger partial charge in [-0.25, -0.2) is 9.50 Å². The molecule has 2 heterocycles. The number of rotatable bonds is 4. The van der Waals surface area contributed by atoms with Gasteiger partial charge in [-0.3, -0.25) is 0 Å². The van der Waals surface area contributed by atoms with Gasteiger partial charge in [0.05, 0.1) is 11.9 Å². The normalized spacial score (nSPS) is 15.7. The molecule has 0 saturated heterocycles. The van der Waals surface area contributed by atoms with E-state index in [1.807, 2.05) is 22.8 Å². The number of fused-ring (bicyclic) bond motifs is 1. The van der Waals surface area contributed by atoms with Gasteiger partial charge in [0, 0.05) is 18.2 Å². The summed E-state index contributed by atoms with van der Waals surface area (Å²) >= 11 is 0. The first kappa shape index (κ1) is 15.1. The van der Waals surface area contributed by atoms with Crippen molar-refractivity contribution in [1.82, 2.24) is 14.6 Å². The number of nitrogens with zero attached hydrogens (tertiary/aromatic N) is 3. The highest BCUT2D eigenvalue weighted by Gasteiger charge is 2.14. The van der Waals surface area contributed by atoms with Crippen molar-refractivity contribution in [3.8, 4) is 11.3 Å². The van der Waals surface area contributed by atoms with E-state index in [1.165, 1.54) is 32.1 Å². The molecule has 1 aliphatic carbocycles. The molecule has 5 nitrogen and oxygen atoms in total. The van der Waals surface area contributed by atoms with Crippen LogP contribution in [0.25, 0.3) is 16.9 Å². The van der Waals surface area contributed by atoms with Crippen LogP contribution in [0.5, 0.6) is 0 Å². The fourth-order valence-corrected chi connectivity index (χ4v) is 3.41. The van der Waals surface area contributed by atoms with Crippen LogP contribution >= 0.6 is 0 Å². The average molecular weight is 321 g/mol. The van der Waals surface area contributed by atoms with E-state index < -0.39 is 0 Å². The number of benzene rings is 1. The zero-order valence-electron chi connectivity index (χ0n) is 13.8. The molecule has 1 fully saturated rings. The lowest BCUT2D eigenvalue weighted by molar-refractivity contribution is 0.461. The van der Waals surface area contributed by atoms with Gasteiger partial charge in [0.25, 0.3) is 0 Å². The highest BCUT2D eigenvalue weighted by Crippen LogP contribution is 2.23. The van der Waals surface area contributed by atoms with Gasteiger partial charge in [-0.15, -0.1) is 5.10 Å². The smallest absolute Gasteiger partial charge is 0.154 e. The Kier molecular flexibility index (Phi) is 4.17. The molecule has 124 valence electrons. The van der Waals surface area contributed by atoms with E-state index in [-0.39, 0.29) is 0 Å². The predicted octanol–water partition coefficient (Wildman–Crippen LogP) is 3.60. The molecule has 0 bridgehead atoms. The molecule has 0 spiro atoms. The topological polar surface area (TPSA) is 68.2 Å². The minimum Gasteiger partial charge on any atom is -0.366 e. The molecule has 3 N–H and O–H groups in total. The second-order valence-corrected chi connectivity index (χ2v) is 6.51. The summed E-state index contributed by atoms with van der Waals surface area (Å²) in [4.78, 5) is 4.47. The van der Waals surface area contributed by atoms with Gasteiger partial charge < -0.3 is 11.1 Å². The van der Waals surface area contributed by atoms with Gasteiger partial charge in [0.15, 0.2) is 5.65 Å². The Hall–Kier alpha value is -2.40. The number of aromatic nitrogens is 3. The summed E-state index contributed by atoms with van der Waals surface area (Å²) in [6.45, 7) is 0.557. The molecule has 0 radical (unpaired) electrons. The molecular weight excluding hydrogens is 298 g/mol. The molecule has 4 rings (SSSR count). The van der Waals surface area contributed by atoms with Crippen molar-refractivity contribution in [2.45, 2.75) is 44.7 Å². The van der Waals surface area contributed by atoms with Crippen LogP contribution in [0.4, 0.5) is 5.82 Å². The molecule has 2 aromatic heterocycles. The Morgan fingerprint density at radius 2 is 1.83 bits per heavy atom. The summed E-state index contributed by atoms with van der Waals surface area (Å²) in [7, 11) is 0. The fourth-order valence-electron chi connectivity index (χ4n) is 3.41. The highest BCUT2D eigenvalue weighted by atomic mass is 15.3. The summed E-state index contributed by atoms with van der Waals surface area (Å²) in [5.74, 6) is 0.923. The van der Waals surface area contributed by atoms with Gasteiger partial charge in [-0.2, -0.15) is 0 Å². The maximum absolute atomic E-state index is 5.68. The second-order valence-electron chi connectivity index (χ2n) is 6.51. The zero-order valence-corrected chi connectivity index (χ0v) is 13.8. The van der Waals surface area contributed by atoms with E-state index in [0.29, 0.717) is 12.6 Å². The predicted molar refractivity (Wildman–Crippen MR) is 96.8 cm³/mol. The van der Waals surface area contributed by atoms with Crippen molar-refractivity contribution in [3.05, 3.63) is 48.2 Å². The minimum absolute atomic E-state index is 0.541. The fraction of sp³-hybridized carbons (Fsp3) is 0.368. The summed E-state index contributed by atoms with van der Waals surface area (Å²) in [5.41, 5.74) is 9.77. The molecule has 1 saturated carbocycles. The van der Waals surface area contributed by atoms with Crippen molar-refractivity contribution in [2.75, 3.05) is 5.32 Å². The van der Waals surface area contributed by atoms with Crippen LogP contribution in [-0.2, 0) is 6.54 Å². The molecule has 0 atom stereocenters. The maximum Gasteiger partial charge on any atom is 0.154 e.